The fourth-order valence-corrected chi connectivity index (χ4v) is 3.17. The lowest BCUT2D eigenvalue weighted by molar-refractivity contribution is 0.122. The van der Waals surface area contributed by atoms with Crippen molar-refractivity contribution in [3.63, 3.8) is 0 Å². The number of benzene rings is 1. The van der Waals surface area contributed by atoms with E-state index in [1.54, 1.807) is 14.2 Å². The van der Waals surface area contributed by atoms with Gasteiger partial charge in [0, 0.05) is 24.2 Å². The summed E-state index contributed by atoms with van der Waals surface area (Å²) in [5, 5.41) is 14.5. The third-order valence-corrected chi connectivity index (χ3v) is 4.54. The second-order valence-electron chi connectivity index (χ2n) is 6.15. The molecule has 24 heavy (non-hydrogen) atoms. The average molecular weight is 353 g/mol. The van der Waals surface area contributed by atoms with Gasteiger partial charge in [0.2, 0.25) is 0 Å². The molecule has 2 rings (SSSR count). The van der Waals surface area contributed by atoms with E-state index >= 15 is 0 Å². The molecule has 0 saturated heterocycles. The molecule has 2 N–H and O–H groups in total. The van der Waals surface area contributed by atoms with Crippen LogP contribution in [0.4, 0.5) is 0 Å². The Morgan fingerprint density at radius 2 is 2.00 bits per heavy atom. The first-order valence-electron chi connectivity index (χ1n) is 8.07. The van der Waals surface area contributed by atoms with E-state index in [1.165, 1.54) is 0 Å². The number of ether oxygens (including phenoxy) is 2. The van der Waals surface area contributed by atoms with Crippen LogP contribution in [0.25, 0.3) is 0 Å². The fraction of sp³-hybridized carbons (Fsp3) is 0.588. The predicted molar refractivity (Wildman–Crippen MR) is 98.7 cm³/mol. The lowest BCUT2D eigenvalue weighted by atomic mass is 9.95. The van der Waals surface area contributed by atoms with Gasteiger partial charge in [-0.25, -0.2) is 0 Å². The summed E-state index contributed by atoms with van der Waals surface area (Å²) < 4.78 is 10.8. The van der Waals surface area contributed by atoms with Crippen LogP contribution < -0.4 is 14.8 Å². The van der Waals surface area contributed by atoms with E-state index in [9.17, 15) is 5.11 Å². The van der Waals surface area contributed by atoms with Crippen molar-refractivity contribution in [3.05, 3.63) is 23.3 Å². The molecule has 0 saturated carbocycles. The Labute approximate surface area is 149 Å². The summed E-state index contributed by atoms with van der Waals surface area (Å²) in [6.45, 7) is 2.85. The summed E-state index contributed by atoms with van der Waals surface area (Å²) in [5.74, 6) is 1.42. The van der Waals surface area contributed by atoms with Gasteiger partial charge in [0.15, 0.2) is 5.11 Å². The molecule has 1 aromatic rings. The van der Waals surface area contributed by atoms with Gasteiger partial charge in [-0.1, -0.05) is 0 Å². The maximum atomic E-state index is 10.6. The molecule has 0 aromatic heterocycles. The van der Waals surface area contributed by atoms with Crippen molar-refractivity contribution in [2.45, 2.75) is 19.1 Å². The maximum absolute atomic E-state index is 10.6. The smallest absolute Gasteiger partial charge is 0.169 e. The van der Waals surface area contributed by atoms with E-state index in [0.717, 1.165) is 36.4 Å². The zero-order valence-electron chi connectivity index (χ0n) is 14.8. The van der Waals surface area contributed by atoms with Crippen molar-refractivity contribution in [1.82, 2.24) is 15.1 Å². The van der Waals surface area contributed by atoms with E-state index < -0.39 is 6.10 Å². The molecule has 1 atom stereocenters. The second kappa shape index (κ2) is 8.50. The number of hydrogen-bond acceptors (Lipinski definition) is 5. The molecule has 0 radical (unpaired) electrons. The molecule has 0 spiro atoms. The molecule has 0 amide bonds. The highest BCUT2D eigenvalue weighted by molar-refractivity contribution is 7.80. The van der Waals surface area contributed by atoms with Crippen molar-refractivity contribution in [2.24, 2.45) is 0 Å². The van der Waals surface area contributed by atoms with Gasteiger partial charge < -0.3 is 29.7 Å². The first-order valence-corrected chi connectivity index (χ1v) is 8.48. The molecule has 1 aromatic carbocycles. The van der Waals surface area contributed by atoms with Crippen LogP contribution >= 0.6 is 12.2 Å². The van der Waals surface area contributed by atoms with E-state index in [1.807, 2.05) is 17.0 Å². The van der Waals surface area contributed by atoms with E-state index in [-0.39, 0.29) is 0 Å². The van der Waals surface area contributed by atoms with Crippen LogP contribution in [0.3, 0.4) is 0 Å². The third-order valence-electron chi connectivity index (χ3n) is 4.13. The number of fused-ring (bicyclic) bond motifs is 1. The summed E-state index contributed by atoms with van der Waals surface area (Å²) >= 11 is 5.49. The van der Waals surface area contributed by atoms with E-state index in [0.29, 0.717) is 24.0 Å². The molecule has 7 heteroatoms. The zero-order chi connectivity index (χ0) is 17.7. The SMILES string of the molecule is COc1ccc(OC)c2c1CN(C(=S)NCCCN(C)C)C[C@H]2O. The molecule has 1 aliphatic rings. The van der Waals surface area contributed by atoms with Crippen LogP contribution in [-0.2, 0) is 6.54 Å². The van der Waals surface area contributed by atoms with Crippen molar-refractivity contribution in [1.29, 1.82) is 0 Å². The molecule has 0 aliphatic carbocycles. The Bertz CT molecular complexity index is 580. The quantitative estimate of drug-likeness (QED) is 0.592. The van der Waals surface area contributed by atoms with Crippen molar-refractivity contribution in [3.8, 4) is 11.5 Å². The number of hydrogen-bond donors (Lipinski definition) is 2. The van der Waals surface area contributed by atoms with Crippen LogP contribution in [0.15, 0.2) is 12.1 Å². The van der Waals surface area contributed by atoms with E-state index in [4.69, 9.17) is 21.7 Å². The van der Waals surface area contributed by atoms with Crippen LogP contribution in [0, 0.1) is 0 Å². The summed E-state index contributed by atoms with van der Waals surface area (Å²) in [5.41, 5.74) is 1.72. The minimum absolute atomic E-state index is 0.441. The molecule has 1 aliphatic heterocycles. The number of aliphatic hydroxyl groups is 1. The minimum Gasteiger partial charge on any atom is -0.496 e. The topological polar surface area (TPSA) is 57.2 Å². The average Bonchev–Trinajstić information content (AvgIpc) is 2.57. The number of rotatable bonds is 6. The lowest BCUT2D eigenvalue weighted by Crippen LogP contribution is -2.44. The number of β-amino-alcohol motifs (C(OH)–C–C–N with tert-alkyl or cyclic N) is 1. The molecule has 0 bridgehead atoms. The standard InChI is InChI=1S/C17H27N3O3S/c1-19(2)9-5-8-18-17(24)20-10-12-14(22-3)6-7-15(23-4)16(12)13(21)11-20/h6-7,13,21H,5,8-11H2,1-4H3,(H,18,24)/t13-/m1/s1. The number of thiocarbonyl (C=S) groups is 1. The van der Waals surface area contributed by atoms with Gasteiger partial charge in [0.25, 0.3) is 0 Å². The number of nitrogens with one attached hydrogen (secondary N) is 1. The second-order valence-corrected chi connectivity index (χ2v) is 6.53. The van der Waals surface area contributed by atoms with Crippen LogP contribution in [0.5, 0.6) is 11.5 Å². The third kappa shape index (κ3) is 4.28. The van der Waals surface area contributed by atoms with Crippen molar-refractivity contribution < 1.29 is 14.6 Å². The number of nitrogens with zero attached hydrogens (tertiary/aromatic N) is 2. The molecular formula is C17H27N3O3S. The molecule has 134 valence electrons. The Kier molecular flexibility index (Phi) is 6.65. The lowest BCUT2D eigenvalue weighted by Gasteiger charge is -2.35. The van der Waals surface area contributed by atoms with Crippen LogP contribution in [0.1, 0.15) is 23.7 Å². The van der Waals surface area contributed by atoms with Gasteiger partial charge in [-0.15, -0.1) is 0 Å². The highest BCUT2D eigenvalue weighted by atomic mass is 32.1. The van der Waals surface area contributed by atoms with Gasteiger partial charge in [-0.2, -0.15) is 0 Å². The monoisotopic (exact) mass is 353 g/mol. The van der Waals surface area contributed by atoms with E-state index in [2.05, 4.69) is 24.3 Å². The van der Waals surface area contributed by atoms with Crippen LogP contribution in [0.2, 0.25) is 0 Å². The normalized spacial score (nSPS) is 16.8. The van der Waals surface area contributed by atoms with Gasteiger partial charge in [0.05, 0.1) is 20.8 Å². The molecule has 0 unspecified atom stereocenters. The Balaban J connectivity index is 2.09. The Morgan fingerprint density at radius 3 is 2.62 bits per heavy atom. The number of methoxy groups -OCH3 is 2. The van der Waals surface area contributed by atoms with Gasteiger partial charge in [-0.3, -0.25) is 0 Å². The first kappa shape index (κ1) is 18.8. The van der Waals surface area contributed by atoms with Crippen LogP contribution in [-0.4, -0.2) is 68.0 Å². The minimum atomic E-state index is -0.666. The Hall–Kier alpha value is -1.57. The molecule has 6 nitrogen and oxygen atoms in total. The van der Waals surface area contributed by atoms with Gasteiger partial charge in [-0.05, 0) is 51.4 Å². The molecule has 0 fully saturated rings. The largest absolute Gasteiger partial charge is 0.496 e. The number of aliphatic hydroxyl groups excluding tert-OH is 1. The summed E-state index contributed by atoms with van der Waals surface area (Å²) in [7, 11) is 7.34. The van der Waals surface area contributed by atoms with Gasteiger partial charge >= 0.3 is 0 Å². The first-order chi connectivity index (χ1) is 11.5. The van der Waals surface area contributed by atoms with Crippen molar-refractivity contribution in [2.75, 3.05) is 47.9 Å². The fourth-order valence-electron chi connectivity index (χ4n) is 2.93. The summed E-state index contributed by atoms with van der Waals surface area (Å²) in [6, 6.07) is 3.69. The summed E-state index contributed by atoms with van der Waals surface area (Å²) in [4.78, 5) is 4.11. The van der Waals surface area contributed by atoms with Gasteiger partial charge in [0.1, 0.15) is 17.6 Å². The molecular weight excluding hydrogens is 326 g/mol. The predicted octanol–water partition coefficient (Wildman–Crippen LogP) is 1.38. The maximum Gasteiger partial charge on any atom is 0.169 e. The Morgan fingerprint density at radius 1 is 1.33 bits per heavy atom. The molecule has 1 heterocycles. The highest BCUT2D eigenvalue weighted by Crippen LogP contribution is 2.39. The summed E-state index contributed by atoms with van der Waals surface area (Å²) in [6.07, 6.45) is 0.345. The van der Waals surface area contributed by atoms with Crippen molar-refractivity contribution >= 4 is 17.3 Å². The highest BCUT2D eigenvalue weighted by Gasteiger charge is 2.30. The zero-order valence-corrected chi connectivity index (χ0v) is 15.7.